The number of carbonyl (C=O) groups excluding carboxylic acids is 3. The molecule has 44 heavy (non-hydrogen) atoms. The van der Waals surface area contributed by atoms with Gasteiger partial charge in [-0.05, 0) is 61.4 Å². The van der Waals surface area contributed by atoms with E-state index in [0.717, 1.165) is 18.9 Å². The average molecular weight is 695 g/mol. The van der Waals surface area contributed by atoms with Crippen molar-refractivity contribution in [2.24, 2.45) is 28.9 Å². The molecule has 2 aliphatic heterocycles. The molecule has 2 saturated heterocycles. The van der Waals surface area contributed by atoms with E-state index in [1.807, 2.05) is 13.8 Å². The number of thiophene rings is 1. The number of nitrogens with zero attached hydrogens (tertiary/aromatic N) is 4. The second-order valence-corrected chi connectivity index (χ2v) is 13.0. The molecule has 1 aliphatic carbocycles. The smallest absolute Gasteiger partial charge is 0.338 e. The van der Waals surface area contributed by atoms with Gasteiger partial charge in [0.15, 0.2) is 0 Å². The summed E-state index contributed by atoms with van der Waals surface area (Å²) in [5.74, 6) is -1.13. The lowest BCUT2D eigenvalue weighted by Crippen LogP contribution is -2.35. The number of pyridine rings is 2. The highest BCUT2D eigenvalue weighted by Crippen LogP contribution is 2.63. The van der Waals surface area contributed by atoms with Crippen molar-refractivity contribution in [3.05, 3.63) is 46.1 Å². The molecule has 2 N–H and O–H groups in total. The van der Waals surface area contributed by atoms with Crippen molar-refractivity contribution in [2.45, 2.75) is 46.3 Å². The van der Waals surface area contributed by atoms with Gasteiger partial charge in [0, 0.05) is 29.7 Å². The lowest BCUT2D eigenvalue weighted by atomic mass is 9.99. The predicted octanol–water partition coefficient (Wildman–Crippen LogP) is 5.90. The largest absolute Gasteiger partial charge is 0.433 e. The van der Waals surface area contributed by atoms with Gasteiger partial charge in [0.1, 0.15) is 5.69 Å². The minimum absolute atomic E-state index is 0. The minimum atomic E-state index is -4.71. The van der Waals surface area contributed by atoms with Crippen LogP contribution in [0.25, 0.3) is 21.5 Å². The molecule has 240 valence electrons. The zero-order chi connectivity index (χ0) is 29.4. The molecule has 3 amide bonds. The van der Waals surface area contributed by atoms with Gasteiger partial charge >= 0.3 is 6.18 Å². The van der Waals surface area contributed by atoms with Crippen LogP contribution in [0.5, 0.6) is 0 Å². The van der Waals surface area contributed by atoms with Crippen LogP contribution in [0.2, 0.25) is 0 Å². The van der Waals surface area contributed by atoms with Crippen molar-refractivity contribution in [1.82, 2.24) is 19.8 Å². The Bertz CT molecular complexity index is 1590. The Morgan fingerprint density at radius 1 is 1.14 bits per heavy atom. The van der Waals surface area contributed by atoms with E-state index < -0.39 is 11.9 Å². The van der Waals surface area contributed by atoms with E-state index in [0.29, 0.717) is 40.3 Å². The molecule has 0 bridgehead atoms. The number of aryl methyl sites for hydroxylation is 1. The Morgan fingerprint density at radius 2 is 1.80 bits per heavy atom. The van der Waals surface area contributed by atoms with Crippen LogP contribution in [-0.2, 0) is 22.3 Å². The first-order chi connectivity index (χ1) is 19.3. The number of alkyl halides is 3. The van der Waals surface area contributed by atoms with Crippen LogP contribution in [0.1, 0.15) is 53.2 Å². The zero-order valence-electron chi connectivity index (χ0n) is 24.1. The van der Waals surface area contributed by atoms with Crippen molar-refractivity contribution in [1.29, 1.82) is 0 Å². The number of fused-ring (bicyclic) bond motifs is 2. The molecule has 3 aromatic rings. The molecule has 3 atom stereocenters. The Labute approximate surface area is 275 Å². The van der Waals surface area contributed by atoms with Crippen LogP contribution in [0.4, 0.5) is 13.2 Å². The maximum absolute atomic E-state index is 13.9. The fourth-order valence-electron chi connectivity index (χ4n) is 6.50. The molecular weight excluding hydrogens is 662 g/mol. The zero-order valence-corrected chi connectivity index (χ0v) is 27.4. The first-order valence-electron chi connectivity index (χ1n) is 13.6. The van der Waals surface area contributed by atoms with Crippen LogP contribution < -0.4 is 5.73 Å². The average Bonchev–Trinajstić information content (AvgIpc) is 3.31. The molecule has 3 aromatic heterocycles. The van der Waals surface area contributed by atoms with Gasteiger partial charge in [-0.2, -0.15) is 13.2 Å². The summed E-state index contributed by atoms with van der Waals surface area (Å²) in [4.78, 5) is 51.5. The topological polar surface area (TPSA) is 109 Å². The number of hydrogen-bond donors (Lipinski definition) is 1. The highest BCUT2D eigenvalue weighted by molar-refractivity contribution is 7.19. The summed E-state index contributed by atoms with van der Waals surface area (Å²) in [5.41, 5.74) is 5.39. The summed E-state index contributed by atoms with van der Waals surface area (Å²) in [6.07, 6.45) is -1.69. The van der Waals surface area contributed by atoms with E-state index in [1.165, 1.54) is 29.4 Å². The van der Waals surface area contributed by atoms with E-state index in [2.05, 4.69) is 9.97 Å². The molecule has 8 nitrogen and oxygen atoms in total. The quantitative estimate of drug-likeness (QED) is 0.322. The first-order valence-corrected chi connectivity index (χ1v) is 14.5. The minimum Gasteiger partial charge on any atom is -0.338 e. The van der Waals surface area contributed by atoms with Crippen LogP contribution in [-0.4, -0.2) is 57.1 Å². The van der Waals surface area contributed by atoms with Gasteiger partial charge in [0.05, 0.1) is 39.9 Å². The molecule has 0 aromatic carbocycles. The third kappa shape index (κ3) is 5.91. The summed E-state index contributed by atoms with van der Waals surface area (Å²) in [6.45, 7) is 6.87. The molecule has 0 radical (unpaired) electrons. The third-order valence-electron chi connectivity index (χ3n) is 8.79. The summed E-state index contributed by atoms with van der Waals surface area (Å²) in [5, 5.41) is 0. The SMILES string of the molecule is Cc1cc(C(F)(F)F)nc(-c2ccnc3cc(CN4C(=O)C5C(C4=O)C5(C)C)sc23)c1C(=O)N1CC[C@H](CCN)C1.Cl.Cl.Cl. The molecule has 15 heteroatoms. The summed E-state index contributed by atoms with van der Waals surface area (Å²) >= 11 is 1.24. The highest BCUT2D eigenvalue weighted by Gasteiger charge is 2.72. The maximum Gasteiger partial charge on any atom is 0.433 e. The van der Waals surface area contributed by atoms with Gasteiger partial charge in [0.2, 0.25) is 11.8 Å². The summed E-state index contributed by atoms with van der Waals surface area (Å²) in [7, 11) is 0. The number of carbonyl (C=O) groups is 3. The molecule has 6 rings (SSSR count). The van der Waals surface area contributed by atoms with Gasteiger partial charge in [-0.1, -0.05) is 13.8 Å². The number of aromatic nitrogens is 2. The second-order valence-electron chi connectivity index (χ2n) is 11.9. The molecule has 0 spiro atoms. The fraction of sp³-hybridized carbons (Fsp3) is 0.483. The van der Waals surface area contributed by atoms with Gasteiger partial charge in [-0.3, -0.25) is 24.3 Å². The van der Waals surface area contributed by atoms with Crippen molar-refractivity contribution in [3.8, 4) is 11.3 Å². The lowest BCUT2D eigenvalue weighted by molar-refractivity contribution is -0.144. The summed E-state index contributed by atoms with van der Waals surface area (Å²) < 4.78 is 42.2. The van der Waals surface area contributed by atoms with Crippen molar-refractivity contribution < 1.29 is 27.6 Å². The first kappa shape index (κ1) is 36.0. The number of hydrogen-bond acceptors (Lipinski definition) is 7. The number of imide groups is 1. The van der Waals surface area contributed by atoms with Gasteiger partial charge in [-0.15, -0.1) is 48.6 Å². The highest BCUT2D eigenvalue weighted by atomic mass is 35.5. The monoisotopic (exact) mass is 693 g/mol. The summed E-state index contributed by atoms with van der Waals surface area (Å²) in [6, 6.07) is 4.21. The Hall–Kier alpha value is -2.51. The third-order valence-corrected chi connectivity index (χ3v) is 9.93. The van der Waals surface area contributed by atoms with Crippen LogP contribution in [0.15, 0.2) is 24.4 Å². The Kier molecular flexibility index (Phi) is 10.4. The van der Waals surface area contributed by atoms with Crippen LogP contribution in [0.3, 0.4) is 0 Å². The van der Waals surface area contributed by atoms with Crippen molar-refractivity contribution in [3.63, 3.8) is 0 Å². The van der Waals surface area contributed by atoms with Crippen molar-refractivity contribution in [2.75, 3.05) is 19.6 Å². The molecule has 1 saturated carbocycles. The Morgan fingerprint density at radius 3 is 2.41 bits per heavy atom. The molecular formula is C29H33Cl3F3N5O3S. The van der Waals surface area contributed by atoms with E-state index in [4.69, 9.17) is 5.73 Å². The van der Waals surface area contributed by atoms with E-state index >= 15 is 0 Å². The number of amides is 3. The molecule has 3 fully saturated rings. The van der Waals surface area contributed by atoms with Crippen molar-refractivity contribution >= 4 is 76.5 Å². The number of likely N-dealkylation sites (tertiary alicyclic amines) is 2. The van der Waals surface area contributed by atoms with Gasteiger partial charge < -0.3 is 10.6 Å². The fourth-order valence-corrected chi connectivity index (χ4v) is 7.61. The number of rotatable bonds is 6. The van der Waals surface area contributed by atoms with Crippen LogP contribution in [0, 0.1) is 30.1 Å². The van der Waals surface area contributed by atoms with E-state index in [1.54, 1.807) is 17.0 Å². The number of nitrogens with two attached hydrogens (primary N) is 1. The van der Waals surface area contributed by atoms with Crippen LogP contribution >= 0.6 is 48.6 Å². The second kappa shape index (κ2) is 12.7. The molecule has 2 unspecified atom stereocenters. The van der Waals surface area contributed by atoms with Gasteiger partial charge in [-0.25, -0.2) is 4.98 Å². The Balaban J connectivity index is 0.00000176. The van der Waals surface area contributed by atoms with Gasteiger partial charge in [0.25, 0.3) is 5.91 Å². The predicted molar refractivity (Wildman–Crippen MR) is 168 cm³/mol. The maximum atomic E-state index is 13.9. The molecule has 3 aliphatic rings. The normalized spacial score (nSPS) is 21.9. The lowest BCUT2D eigenvalue weighted by Gasteiger charge is -2.21. The number of piperidine rings is 1. The van der Waals surface area contributed by atoms with E-state index in [-0.39, 0.29) is 101 Å². The standard InChI is InChI=1S/C29H30F3N5O3S.3ClH/c1-14-10-19(29(30,31)32)35-23(20(14)25(38)36-9-6-15(12-36)4-7-33)17-5-8-34-18-11-16(41-24(17)18)13-37-26(39)21-22(27(37)40)28(21,2)3;;;/h5,8,10-11,15,21-22H,4,6-7,9,12-13,33H2,1-3H3;3*1H/t15-,21?,22?;;;/m0.../s1. The number of halogens is 6. The van der Waals surface area contributed by atoms with E-state index in [9.17, 15) is 27.6 Å². The molecule has 5 heterocycles.